The highest BCUT2D eigenvalue weighted by atomic mass is 35.5. The average Bonchev–Trinajstić information content (AvgIpc) is 2.04. The quantitative estimate of drug-likeness (QED) is 0.598. The number of rotatable bonds is 0. The molecule has 1 heterocycles. The molecule has 1 aromatic rings. The maximum atomic E-state index is 6.04. The SMILES string of the molecule is Nc1cc(Cl)c2c(c1)CNCC2. The largest absolute Gasteiger partial charge is 0.399 e. The van der Waals surface area contributed by atoms with Gasteiger partial charge in [0.2, 0.25) is 0 Å². The molecule has 0 fully saturated rings. The van der Waals surface area contributed by atoms with Gasteiger partial charge in [0, 0.05) is 17.3 Å². The van der Waals surface area contributed by atoms with Gasteiger partial charge in [-0.15, -0.1) is 0 Å². The first-order chi connectivity index (χ1) is 5.77. The molecule has 1 aliphatic heterocycles. The van der Waals surface area contributed by atoms with Crippen molar-refractivity contribution >= 4 is 17.3 Å². The topological polar surface area (TPSA) is 38.0 Å². The summed E-state index contributed by atoms with van der Waals surface area (Å²) in [7, 11) is 0. The van der Waals surface area contributed by atoms with Crippen molar-refractivity contribution in [3.8, 4) is 0 Å². The number of hydrogen-bond acceptors (Lipinski definition) is 2. The van der Waals surface area contributed by atoms with Gasteiger partial charge in [0.05, 0.1) is 0 Å². The molecule has 3 N–H and O–H groups in total. The number of benzene rings is 1. The first kappa shape index (κ1) is 7.90. The van der Waals surface area contributed by atoms with Crippen molar-refractivity contribution < 1.29 is 0 Å². The van der Waals surface area contributed by atoms with Gasteiger partial charge in [-0.25, -0.2) is 0 Å². The molecule has 0 saturated carbocycles. The van der Waals surface area contributed by atoms with E-state index >= 15 is 0 Å². The zero-order chi connectivity index (χ0) is 8.55. The first-order valence-electron chi connectivity index (χ1n) is 4.05. The average molecular weight is 183 g/mol. The smallest absolute Gasteiger partial charge is 0.0462 e. The van der Waals surface area contributed by atoms with Crippen molar-refractivity contribution in [2.45, 2.75) is 13.0 Å². The summed E-state index contributed by atoms with van der Waals surface area (Å²) in [5.74, 6) is 0. The lowest BCUT2D eigenvalue weighted by molar-refractivity contribution is 0.644. The van der Waals surface area contributed by atoms with E-state index < -0.39 is 0 Å². The summed E-state index contributed by atoms with van der Waals surface area (Å²) < 4.78 is 0. The summed E-state index contributed by atoms with van der Waals surface area (Å²) in [5.41, 5.74) is 8.92. The Morgan fingerprint density at radius 3 is 3.08 bits per heavy atom. The number of anilines is 1. The van der Waals surface area contributed by atoms with Crippen molar-refractivity contribution in [1.29, 1.82) is 0 Å². The van der Waals surface area contributed by atoms with Crippen LogP contribution >= 0.6 is 11.6 Å². The molecular weight excluding hydrogens is 172 g/mol. The van der Waals surface area contributed by atoms with E-state index in [-0.39, 0.29) is 0 Å². The van der Waals surface area contributed by atoms with Gasteiger partial charge < -0.3 is 11.1 Å². The van der Waals surface area contributed by atoms with Gasteiger partial charge in [-0.05, 0) is 36.2 Å². The van der Waals surface area contributed by atoms with Gasteiger partial charge in [-0.3, -0.25) is 0 Å². The van der Waals surface area contributed by atoms with Crippen LogP contribution in [0.3, 0.4) is 0 Å². The number of nitrogens with one attached hydrogen (secondary N) is 1. The molecule has 3 heteroatoms. The Balaban J connectivity index is 2.53. The zero-order valence-corrected chi connectivity index (χ0v) is 7.49. The van der Waals surface area contributed by atoms with Crippen molar-refractivity contribution in [3.05, 3.63) is 28.3 Å². The molecule has 0 saturated heterocycles. The lowest BCUT2D eigenvalue weighted by atomic mass is 10.0. The molecule has 0 amide bonds. The molecule has 0 atom stereocenters. The predicted molar refractivity (Wildman–Crippen MR) is 51.3 cm³/mol. The van der Waals surface area contributed by atoms with Crippen molar-refractivity contribution in [3.63, 3.8) is 0 Å². The summed E-state index contributed by atoms with van der Waals surface area (Å²) in [6.07, 6.45) is 1.01. The van der Waals surface area contributed by atoms with Crippen LogP contribution in [0.5, 0.6) is 0 Å². The van der Waals surface area contributed by atoms with Crippen LogP contribution in [0.4, 0.5) is 5.69 Å². The number of nitrogen functional groups attached to an aromatic ring is 1. The molecular formula is C9H11ClN2. The molecule has 0 radical (unpaired) electrons. The highest BCUT2D eigenvalue weighted by Gasteiger charge is 2.11. The van der Waals surface area contributed by atoms with Gasteiger partial charge in [0.25, 0.3) is 0 Å². The Morgan fingerprint density at radius 2 is 2.25 bits per heavy atom. The molecule has 12 heavy (non-hydrogen) atoms. The minimum absolute atomic E-state index is 0.752. The van der Waals surface area contributed by atoms with Crippen LogP contribution in [0.15, 0.2) is 12.1 Å². The molecule has 0 spiro atoms. The van der Waals surface area contributed by atoms with E-state index in [4.69, 9.17) is 17.3 Å². The maximum Gasteiger partial charge on any atom is 0.0462 e. The second kappa shape index (κ2) is 2.96. The third-order valence-corrected chi connectivity index (χ3v) is 2.51. The fourth-order valence-corrected chi connectivity index (χ4v) is 1.93. The van der Waals surface area contributed by atoms with E-state index in [1.807, 2.05) is 12.1 Å². The zero-order valence-electron chi connectivity index (χ0n) is 6.73. The van der Waals surface area contributed by atoms with Crippen molar-refractivity contribution in [2.75, 3.05) is 12.3 Å². The van der Waals surface area contributed by atoms with Crippen LogP contribution in [0, 0.1) is 0 Å². The van der Waals surface area contributed by atoms with Crippen LogP contribution in [0.25, 0.3) is 0 Å². The lowest BCUT2D eigenvalue weighted by Gasteiger charge is -2.18. The summed E-state index contributed by atoms with van der Waals surface area (Å²) in [4.78, 5) is 0. The molecule has 64 valence electrons. The van der Waals surface area contributed by atoms with Crippen LogP contribution < -0.4 is 11.1 Å². The monoisotopic (exact) mass is 182 g/mol. The molecule has 2 rings (SSSR count). The van der Waals surface area contributed by atoms with Crippen LogP contribution in [-0.2, 0) is 13.0 Å². The van der Waals surface area contributed by atoms with E-state index in [1.54, 1.807) is 0 Å². The van der Waals surface area contributed by atoms with Crippen molar-refractivity contribution in [2.24, 2.45) is 0 Å². The minimum atomic E-state index is 0.752. The number of fused-ring (bicyclic) bond motifs is 1. The second-order valence-electron chi connectivity index (χ2n) is 3.07. The predicted octanol–water partition coefficient (Wildman–Crippen LogP) is 1.57. The highest BCUT2D eigenvalue weighted by Crippen LogP contribution is 2.25. The number of halogens is 1. The summed E-state index contributed by atoms with van der Waals surface area (Å²) in [5, 5.41) is 4.09. The molecule has 0 unspecified atom stereocenters. The van der Waals surface area contributed by atoms with E-state index in [0.717, 1.165) is 30.2 Å². The lowest BCUT2D eigenvalue weighted by Crippen LogP contribution is -2.23. The van der Waals surface area contributed by atoms with E-state index in [9.17, 15) is 0 Å². The Labute approximate surface area is 76.7 Å². The molecule has 0 aromatic heterocycles. The van der Waals surface area contributed by atoms with E-state index in [1.165, 1.54) is 11.1 Å². The molecule has 1 aromatic carbocycles. The molecule has 2 nitrogen and oxygen atoms in total. The van der Waals surface area contributed by atoms with Crippen LogP contribution in [0.2, 0.25) is 5.02 Å². The standard InChI is InChI=1S/C9H11ClN2/c10-9-4-7(11)3-6-5-12-2-1-8(6)9/h3-4,12H,1-2,5,11H2. The summed E-state index contributed by atoms with van der Waals surface area (Å²) in [6, 6.07) is 3.82. The summed E-state index contributed by atoms with van der Waals surface area (Å²) in [6.45, 7) is 1.90. The number of nitrogens with two attached hydrogens (primary N) is 1. The fourth-order valence-electron chi connectivity index (χ4n) is 1.59. The Bertz CT molecular complexity index is 310. The maximum absolute atomic E-state index is 6.04. The summed E-state index contributed by atoms with van der Waals surface area (Å²) >= 11 is 6.04. The number of hydrogen-bond donors (Lipinski definition) is 2. The van der Waals surface area contributed by atoms with E-state index in [0.29, 0.717) is 0 Å². The third kappa shape index (κ3) is 1.28. The highest BCUT2D eigenvalue weighted by molar-refractivity contribution is 6.31. The fraction of sp³-hybridized carbons (Fsp3) is 0.333. The van der Waals surface area contributed by atoms with Crippen LogP contribution in [-0.4, -0.2) is 6.54 Å². The van der Waals surface area contributed by atoms with E-state index in [2.05, 4.69) is 5.32 Å². The minimum Gasteiger partial charge on any atom is -0.399 e. The van der Waals surface area contributed by atoms with Gasteiger partial charge >= 0.3 is 0 Å². The van der Waals surface area contributed by atoms with Gasteiger partial charge in [0.15, 0.2) is 0 Å². The Hall–Kier alpha value is -0.730. The van der Waals surface area contributed by atoms with Gasteiger partial charge in [-0.1, -0.05) is 11.6 Å². The van der Waals surface area contributed by atoms with Gasteiger partial charge in [-0.2, -0.15) is 0 Å². The first-order valence-corrected chi connectivity index (χ1v) is 4.42. The normalized spacial score (nSPS) is 15.8. The second-order valence-corrected chi connectivity index (χ2v) is 3.47. The molecule has 0 bridgehead atoms. The van der Waals surface area contributed by atoms with Crippen LogP contribution in [0.1, 0.15) is 11.1 Å². The van der Waals surface area contributed by atoms with Crippen molar-refractivity contribution in [1.82, 2.24) is 5.32 Å². The third-order valence-electron chi connectivity index (χ3n) is 2.18. The Kier molecular flexibility index (Phi) is 1.95. The molecule has 1 aliphatic rings. The molecule has 0 aliphatic carbocycles. The van der Waals surface area contributed by atoms with Gasteiger partial charge in [0.1, 0.15) is 0 Å². The Morgan fingerprint density at radius 1 is 1.42 bits per heavy atom.